The molecule has 0 saturated heterocycles. The second-order valence-corrected chi connectivity index (χ2v) is 13.3. The van der Waals surface area contributed by atoms with Crippen LogP contribution in [0.2, 0.25) is 0 Å². The summed E-state index contributed by atoms with van der Waals surface area (Å²) in [7, 11) is 0. The Labute approximate surface area is 304 Å². The third-order valence-corrected chi connectivity index (χ3v) is 7.80. The SMILES string of the molecule is CC(C)CCOCC(C)CCC(=O)N[C@H](C(=O)N[C@@H](CCCNC(N)=O)C(=O)Nc1ccc(COC(=O)Oc2ccc([N+](=O)[O-])cc2)cc1)C(C)C. The Morgan fingerprint density at radius 3 is 2.13 bits per heavy atom. The maximum atomic E-state index is 13.4. The third kappa shape index (κ3) is 17.1. The zero-order valence-corrected chi connectivity index (χ0v) is 30.5. The maximum Gasteiger partial charge on any atom is 0.514 e. The number of urea groups is 1. The molecule has 0 aliphatic heterocycles. The summed E-state index contributed by atoms with van der Waals surface area (Å²) in [6.45, 7) is 11.1. The molecule has 1 unspecified atom stereocenters. The van der Waals surface area contributed by atoms with Gasteiger partial charge in [0, 0.05) is 44.0 Å². The number of nitro groups is 1. The number of hydrogen-bond acceptors (Lipinski definition) is 10. The molecule has 0 fully saturated rings. The van der Waals surface area contributed by atoms with Crippen molar-refractivity contribution in [2.45, 2.75) is 85.4 Å². The van der Waals surface area contributed by atoms with Crippen LogP contribution in [0.3, 0.4) is 0 Å². The Morgan fingerprint density at radius 1 is 0.865 bits per heavy atom. The molecule has 0 spiro atoms. The fourth-order valence-electron chi connectivity index (χ4n) is 4.71. The van der Waals surface area contributed by atoms with E-state index in [1.165, 1.54) is 24.3 Å². The van der Waals surface area contributed by atoms with Crippen LogP contribution in [0.25, 0.3) is 0 Å². The molecule has 16 nitrogen and oxygen atoms in total. The highest BCUT2D eigenvalue weighted by Gasteiger charge is 2.29. The molecule has 0 aliphatic carbocycles. The van der Waals surface area contributed by atoms with Crippen LogP contribution in [0, 0.1) is 27.9 Å². The minimum Gasteiger partial charge on any atom is -0.429 e. The van der Waals surface area contributed by atoms with E-state index in [4.69, 9.17) is 19.9 Å². The highest BCUT2D eigenvalue weighted by Crippen LogP contribution is 2.18. The molecule has 2 aromatic rings. The van der Waals surface area contributed by atoms with Crippen LogP contribution in [-0.2, 0) is 30.5 Å². The summed E-state index contributed by atoms with van der Waals surface area (Å²) in [5.41, 5.74) is 5.97. The van der Waals surface area contributed by atoms with Crippen molar-refractivity contribution in [3.63, 3.8) is 0 Å². The van der Waals surface area contributed by atoms with Crippen LogP contribution in [0.15, 0.2) is 48.5 Å². The number of nitrogens with two attached hydrogens (primary N) is 1. The first-order chi connectivity index (χ1) is 24.6. The number of rotatable bonds is 22. The van der Waals surface area contributed by atoms with Gasteiger partial charge in [-0.1, -0.05) is 46.8 Å². The van der Waals surface area contributed by atoms with Gasteiger partial charge in [0.15, 0.2) is 0 Å². The van der Waals surface area contributed by atoms with Crippen LogP contribution < -0.4 is 31.7 Å². The average Bonchev–Trinajstić information content (AvgIpc) is 3.08. The van der Waals surface area contributed by atoms with Gasteiger partial charge in [-0.05, 0) is 73.3 Å². The quantitative estimate of drug-likeness (QED) is 0.0365. The predicted octanol–water partition coefficient (Wildman–Crippen LogP) is 4.80. The van der Waals surface area contributed by atoms with E-state index in [-0.39, 0.29) is 55.2 Å². The number of carbonyl (C=O) groups excluding carboxylic acids is 5. The molecule has 3 atom stereocenters. The van der Waals surface area contributed by atoms with Crippen LogP contribution in [-0.4, -0.2) is 66.7 Å². The van der Waals surface area contributed by atoms with E-state index in [1.807, 2.05) is 6.92 Å². The zero-order chi connectivity index (χ0) is 38.6. The second-order valence-electron chi connectivity index (χ2n) is 13.3. The normalized spacial score (nSPS) is 12.7. The van der Waals surface area contributed by atoms with E-state index in [9.17, 15) is 34.1 Å². The molecular formula is C36H52N6O10. The molecule has 0 aromatic heterocycles. The molecule has 2 rings (SSSR count). The molecule has 0 heterocycles. The first kappa shape index (κ1) is 42.9. The number of non-ortho nitro benzene ring substituents is 1. The number of nitrogens with zero attached hydrogens (tertiary/aromatic N) is 1. The smallest absolute Gasteiger partial charge is 0.429 e. The van der Waals surface area contributed by atoms with Gasteiger partial charge in [-0.3, -0.25) is 24.5 Å². The van der Waals surface area contributed by atoms with Gasteiger partial charge in [0.1, 0.15) is 24.4 Å². The van der Waals surface area contributed by atoms with Gasteiger partial charge in [-0.25, -0.2) is 9.59 Å². The van der Waals surface area contributed by atoms with Crippen LogP contribution in [0.5, 0.6) is 5.75 Å². The van der Waals surface area contributed by atoms with Crippen molar-refractivity contribution >= 4 is 41.3 Å². The monoisotopic (exact) mass is 728 g/mol. The van der Waals surface area contributed by atoms with Crippen molar-refractivity contribution in [1.82, 2.24) is 16.0 Å². The highest BCUT2D eigenvalue weighted by atomic mass is 16.7. The van der Waals surface area contributed by atoms with Gasteiger partial charge >= 0.3 is 12.2 Å². The van der Waals surface area contributed by atoms with Gasteiger partial charge in [0.05, 0.1) is 4.92 Å². The van der Waals surface area contributed by atoms with E-state index < -0.39 is 41.0 Å². The Morgan fingerprint density at radius 2 is 1.54 bits per heavy atom. The summed E-state index contributed by atoms with van der Waals surface area (Å²) in [5.74, 6) is -0.810. The number of primary amides is 1. The van der Waals surface area contributed by atoms with Gasteiger partial charge in [0.25, 0.3) is 5.69 Å². The molecule has 286 valence electrons. The standard InChI is InChI=1S/C36H52N6O10/c1-23(2)18-20-50-21-25(5)8-17-31(43)41-32(24(3)4)34(45)40-30(7-6-19-38-35(37)46)33(44)39-27-11-9-26(10-12-27)22-51-36(47)52-29-15-13-28(14-16-29)42(48)49/h9-16,23-25,30,32H,6-8,17-22H2,1-5H3,(H,39,44)(H,40,45)(H,41,43)(H3,37,38,46)/t25?,30-,32-/m0/s1. The van der Waals surface area contributed by atoms with E-state index in [0.29, 0.717) is 43.2 Å². The topological polar surface area (TPSA) is 230 Å². The number of amides is 5. The maximum absolute atomic E-state index is 13.4. The number of hydrogen-bond donors (Lipinski definition) is 5. The minimum atomic E-state index is -1.01. The van der Waals surface area contributed by atoms with Crippen molar-refractivity contribution in [2.24, 2.45) is 23.5 Å². The lowest BCUT2D eigenvalue weighted by Crippen LogP contribution is -2.54. The Hall–Kier alpha value is -5.25. The molecule has 0 aliphatic rings. The lowest BCUT2D eigenvalue weighted by atomic mass is 10.0. The summed E-state index contributed by atoms with van der Waals surface area (Å²) >= 11 is 0. The highest BCUT2D eigenvalue weighted by molar-refractivity contribution is 5.98. The summed E-state index contributed by atoms with van der Waals surface area (Å²) in [4.78, 5) is 73.1. The minimum absolute atomic E-state index is 0.0752. The lowest BCUT2D eigenvalue weighted by Gasteiger charge is -2.25. The molecular weight excluding hydrogens is 676 g/mol. The van der Waals surface area contributed by atoms with Crippen molar-refractivity contribution in [1.29, 1.82) is 0 Å². The molecule has 6 N–H and O–H groups in total. The fourth-order valence-corrected chi connectivity index (χ4v) is 4.71. The Bertz CT molecular complexity index is 1470. The van der Waals surface area contributed by atoms with Crippen molar-refractivity contribution in [3.8, 4) is 5.75 Å². The van der Waals surface area contributed by atoms with E-state index in [1.54, 1.807) is 38.1 Å². The molecule has 52 heavy (non-hydrogen) atoms. The predicted molar refractivity (Wildman–Crippen MR) is 193 cm³/mol. The third-order valence-electron chi connectivity index (χ3n) is 7.80. The number of anilines is 1. The molecule has 0 bridgehead atoms. The average molecular weight is 729 g/mol. The first-order valence-corrected chi connectivity index (χ1v) is 17.3. The number of ether oxygens (including phenoxy) is 3. The van der Waals surface area contributed by atoms with E-state index >= 15 is 0 Å². The summed E-state index contributed by atoms with van der Waals surface area (Å²) in [5, 5.41) is 21.6. The van der Waals surface area contributed by atoms with Crippen molar-refractivity contribution < 1.29 is 43.1 Å². The van der Waals surface area contributed by atoms with Crippen LogP contribution in [0.4, 0.5) is 21.0 Å². The van der Waals surface area contributed by atoms with E-state index in [0.717, 1.165) is 6.42 Å². The fraction of sp³-hybridized carbons (Fsp3) is 0.528. The summed E-state index contributed by atoms with van der Waals surface area (Å²) < 4.78 is 15.8. The number of nitrogens with one attached hydrogen (secondary N) is 4. The number of benzene rings is 2. The molecule has 5 amide bonds. The van der Waals surface area contributed by atoms with Crippen molar-refractivity contribution in [2.75, 3.05) is 25.1 Å². The largest absolute Gasteiger partial charge is 0.514 e. The second kappa shape index (κ2) is 22.5. The van der Waals surface area contributed by atoms with Gasteiger partial charge in [-0.15, -0.1) is 0 Å². The lowest BCUT2D eigenvalue weighted by molar-refractivity contribution is -0.384. The number of nitro benzene ring substituents is 1. The number of carbonyl (C=O) groups is 5. The zero-order valence-electron chi connectivity index (χ0n) is 30.5. The Balaban J connectivity index is 1.96. The molecule has 0 saturated carbocycles. The summed E-state index contributed by atoms with van der Waals surface area (Å²) in [6.07, 6.45) is 1.25. The Kier molecular flexibility index (Phi) is 18.6. The molecule has 2 aromatic carbocycles. The van der Waals surface area contributed by atoms with Gasteiger partial charge in [-0.2, -0.15) is 0 Å². The summed E-state index contributed by atoms with van der Waals surface area (Å²) in [6, 6.07) is 8.70. The molecule has 16 heteroatoms. The van der Waals surface area contributed by atoms with Gasteiger partial charge in [0.2, 0.25) is 17.7 Å². The van der Waals surface area contributed by atoms with Crippen molar-refractivity contribution in [3.05, 3.63) is 64.2 Å². The molecule has 0 radical (unpaired) electrons. The van der Waals surface area contributed by atoms with Crippen LogP contribution in [0.1, 0.15) is 72.3 Å². The van der Waals surface area contributed by atoms with Crippen LogP contribution >= 0.6 is 0 Å². The van der Waals surface area contributed by atoms with E-state index in [2.05, 4.69) is 35.1 Å². The van der Waals surface area contributed by atoms with Gasteiger partial charge < -0.3 is 41.2 Å². The first-order valence-electron chi connectivity index (χ1n) is 17.3.